The Morgan fingerprint density at radius 3 is 2.62 bits per heavy atom. The Kier molecular flexibility index (Phi) is 6.67. The molecule has 32 heavy (non-hydrogen) atoms. The summed E-state index contributed by atoms with van der Waals surface area (Å²) >= 11 is 3.43. The summed E-state index contributed by atoms with van der Waals surface area (Å²) in [5.41, 5.74) is 1.50. The second-order valence-corrected chi connectivity index (χ2v) is 8.97. The van der Waals surface area contributed by atoms with Crippen LogP contribution in [0, 0.1) is 0 Å². The fraction of sp³-hybridized carbons (Fsp3) is 0.360. The van der Waals surface area contributed by atoms with E-state index >= 15 is 0 Å². The summed E-state index contributed by atoms with van der Waals surface area (Å²) in [5.74, 6) is 0.598. The molecule has 1 amide bonds. The largest absolute Gasteiger partial charge is 0.497 e. The van der Waals surface area contributed by atoms with E-state index in [0.717, 1.165) is 36.1 Å². The molecule has 0 saturated heterocycles. The van der Waals surface area contributed by atoms with Crippen molar-refractivity contribution in [2.75, 3.05) is 33.3 Å². The van der Waals surface area contributed by atoms with Crippen molar-refractivity contribution in [3.05, 3.63) is 74.0 Å². The van der Waals surface area contributed by atoms with Crippen molar-refractivity contribution in [2.24, 2.45) is 0 Å². The Morgan fingerprint density at radius 1 is 1.12 bits per heavy atom. The number of carbonyl (C=O) groups excluding carboxylic acids is 1. The van der Waals surface area contributed by atoms with Crippen molar-refractivity contribution < 1.29 is 18.8 Å². The van der Waals surface area contributed by atoms with E-state index in [0.29, 0.717) is 28.8 Å². The second-order valence-electron chi connectivity index (χ2n) is 8.05. The molecule has 0 aliphatic carbocycles. The van der Waals surface area contributed by atoms with E-state index < -0.39 is 6.04 Å². The molecular formula is C25H28BrN2O4+. The zero-order valence-corrected chi connectivity index (χ0v) is 20.2. The van der Waals surface area contributed by atoms with Crippen molar-refractivity contribution in [1.82, 2.24) is 4.90 Å². The number of rotatable bonds is 8. The summed E-state index contributed by atoms with van der Waals surface area (Å²) in [6.07, 6.45) is 0.844. The van der Waals surface area contributed by atoms with Crippen molar-refractivity contribution in [3.8, 4) is 5.75 Å². The zero-order valence-electron chi connectivity index (χ0n) is 18.6. The first kappa shape index (κ1) is 22.6. The van der Waals surface area contributed by atoms with Crippen molar-refractivity contribution >= 4 is 32.8 Å². The smallest absolute Gasteiger partial charge is 0.290 e. The van der Waals surface area contributed by atoms with Crippen LogP contribution in [-0.4, -0.2) is 44.1 Å². The predicted molar refractivity (Wildman–Crippen MR) is 128 cm³/mol. The number of halogens is 1. The number of ether oxygens (including phenoxy) is 1. The predicted octanol–water partition coefficient (Wildman–Crippen LogP) is 3.42. The van der Waals surface area contributed by atoms with E-state index in [1.807, 2.05) is 24.3 Å². The van der Waals surface area contributed by atoms with Gasteiger partial charge >= 0.3 is 0 Å². The SMILES string of the molecule is CC[NH+](CC)CCCN1C(=O)c2oc3ccc(Br)cc3c(=O)c2[C@H]1c1cccc(OC)c1. The molecule has 0 radical (unpaired) electrons. The van der Waals surface area contributed by atoms with Gasteiger partial charge in [-0.1, -0.05) is 28.1 Å². The summed E-state index contributed by atoms with van der Waals surface area (Å²) in [5, 5.41) is 0.466. The molecule has 1 atom stereocenters. The molecule has 2 aromatic carbocycles. The van der Waals surface area contributed by atoms with Crippen molar-refractivity contribution in [2.45, 2.75) is 26.3 Å². The molecule has 2 heterocycles. The molecule has 3 aromatic rings. The Morgan fingerprint density at radius 2 is 1.91 bits per heavy atom. The highest BCUT2D eigenvalue weighted by Crippen LogP contribution is 2.39. The minimum Gasteiger partial charge on any atom is -0.497 e. The first-order chi connectivity index (χ1) is 15.5. The number of nitrogens with zero attached hydrogens (tertiary/aromatic N) is 1. The number of fused-ring (bicyclic) bond motifs is 2. The Balaban J connectivity index is 1.82. The summed E-state index contributed by atoms with van der Waals surface area (Å²) in [4.78, 5) is 30.3. The van der Waals surface area contributed by atoms with Crippen molar-refractivity contribution in [1.29, 1.82) is 0 Å². The fourth-order valence-electron chi connectivity index (χ4n) is 4.48. The summed E-state index contributed by atoms with van der Waals surface area (Å²) in [6.45, 7) is 7.94. The minimum absolute atomic E-state index is 0.146. The van der Waals surface area contributed by atoms with E-state index in [2.05, 4.69) is 29.8 Å². The molecule has 1 aliphatic rings. The quantitative estimate of drug-likeness (QED) is 0.515. The maximum absolute atomic E-state index is 13.6. The molecular weight excluding hydrogens is 472 g/mol. The van der Waals surface area contributed by atoms with Crippen LogP contribution in [0.15, 0.2) is 56.1 Å². The van der Waals surface area contributed by atoms with Gasteiger partial charge in [-0.05, 0) is 49.7 Å². The number of quaternary nitrogens is 1. The highest BCUT2D eigenvalue weighted by Gasteiger charge is 2.42. The maximum Gasteiger partial charge on any atom is 0.290 e. The van der Waals surface area contributed by atoms with Gasteiger partial charge in [0, 0.05) is 17.4 Å². The molecule has 1 aliphatic heterocycles. The fourth-order valence-corrected chi connectivity index (χ4v) is 4.85. The van der Waals surface area contributed by atoms with Gasteiger partial charge in [-0.25, -0.2) is 0 Å². The molecule has 0 fully saturated rings. The highest BCUT2D eigenvalue weighted by molar-refractivity contribution is 9.10. The van der Waals surface area contributed by atoms with E-state index in [1.165, 1.54) is 4.90 Å². The van der Waals surface area contributed by atoms with Crippen LogP contribution in [0.1, 0.15) is 48.0 Å². The molecule has 4 rings (SSSR count). The third-order valence-electron chi connectivity index (χ3n) is 6.27. The monoisotopic (exact) mass is 499 g/mol. The van der Waals surface area contributed by atoms with E-state index in [9.17, 15) is 9.59 Å². The molecule has 0 bridgehead atoms. The van der Waals surface area contributed by atoms with E-state index in [1.54, 1.807) is 30.2 Å². The first-order valence-corrected chi connectivity index (χ1v) is 11.8. The lowest BCUT2D eigenvalue weighted by atomic mass is 9.98. The number of benzene rings is 2. The maximum atomic E-state index is 13.6. The normalized spacial score (nSPS) is 15.6. The Labute approximate surface area is 195 Å². The molecule has 7 heteroatoms. The molecule has 0 saturated carbocycles. The van der Waals surface area contributed by atoms with Gasteiger partial charge in [0.05, 0.1) is 43.7 Å². The lowest BCUT2D eigenvalue weighted by Gasteiger charge is -2.26. The van der Waals surface area contributed by atoms with Crippen LogP contribution in [0.4, 0.5) is 0 Å². The summed E-state index contributed by atoms with van der Waals surface area (Å²) < 4.78 is 12.2. The molecule has 6 nitrogen and oxygen atoms in total. The number of nitrogens with one attached hydrogen (secondary N) is 1. The van der Waals surface area contributed by atoms with E-state index in [-0.39, 0.29) is 17.1 Å². The van der Waals surface area contributed by atoms with E-state index in [4.69, 9.17) is 9.15 Å². The third kappa shape index (κ3) is 4.07. The van der Waals surface area contributed by atoms with Crippen LogP contribution in [0.3, 0.4) is 0 Å². The average molecular weight is 500 g/mol. The minimum atomic E-state index is -0.501. The van der Waals surface area contributed by atoms with Crippen LogP contribution < -0.4 is 15.1 Å². The number of methoxy groups -OCH3 is 1. The number of hydrogen-bond acceptors (Lipinski definition) is 4. The van der Waals surface area contributed by atoms with Crippen molar-refractivity contribution in [3.63, 3.8) is 0 Å². The molecule has 1 N–H and O–H groups in total. The van der Waals surface area contributed by atoms with Crippen LogP contribution in [0.5, 0.6) is 5.75 Å². The van der Waals surface area contributed by atoms with Gasteiger partial charge < -0.3 is 19.0 Å². The van der Waals surface area contributed by atoms with Gasteiger partial charge in [0.15, 0.2) is 5.43 Å². The Hall–Kier alpha value is -2.64. The van der Waals surface area contributed by atoms with Crippen LogP contribution >= 0.6 is 15.9 Å². The average Bonchev–Trinajstić information content (AvgIpc) is 3.09. The third-order valence-corrected chi connectivity index (χ3v) is 6.76. The van der Waals surface area contributed by atoms with Gasteiger partial charge in [-0.3, -0.25) is 9.59 Å². The van der Waals surface area contributed by atoms with Crippen LogP contribution in [-0.2, 0) is 0 Å². The molecule has 0 unspecified atom stereocenters. The molecule has 0 spiro atoms. The lowest BCUT2D eigenvalue weighted by Crippen LogP contribution is -3.11. The lowest BCUT2D eigenvalue weighted by molar-refractivity contribution is -0.896. The second kappa shape index (κ2) is 9.46. The highest BCUT2D eigenvalue weighted by atomic mass is 79.9. The first-order valence-electron chi connectivity index (χ1n) is 11.0. The standard InChI is InChI=1S/C25H27BrN2O4/c1-4-27(5-2)12-7-13-28-22(16-8-6-9-18(14-16)31-3)21-23(29)19-15-17(26)10-11-20(19)32-24(21)25(28)30/h6,8-11,14-15,22H,4-5,7,12-13H2,1-3H3/p+1/t22-/m1/s1. The number of amides is 1. The number of hydrogen-bond donors (Lipinski definition) is 1. The number of carbonyl (C=O) groups is 1. The van der Waals surface area contributed by atoms with Gasteiger partial charge in [0.25, 0.3) is 5.91 Å². The van der Waals surface area contributed by atoms with Gasteiger partial charge in [-0.15, -0.1) is 0 Å². The molecule has 1 aromatic heterocycles. The van der Waals surface area contributed by atoms with Crippen LogP contribution in [0.25, 0.3) is 11.0 Å². The zero-order chi connectivity index (χ0) is 22.8. The summed E-state index contributed by atoms with van der Waals surface area (Å²) in [6, 6.07) is 12.3. The van der Waals surface area contributed by atoms with Crippen LogP contribution in [0.2, 0.25) is 0 Å². The Bertz CT molecular complexity index is 1200. The summed E-state index contributed by atoms with van der Waals surface area (Å²) in [7, 11) is 1.61. The van der Waals surface area contributed by atoms with Gasteiger partial charge in [0.2, 0.25) is 5.76 Å². The molecule has 168 valence electrons. The van der Waals surface area contributed by atoms with Gasteiger partial charge in [0.1, 0.15) is 11.3 Å². The topological polar surface area (TPSA) is 64.2 Å². The van der Waals surface area contributed by atoms with Gasteiger partial charge in [-0.2, -0.15) is 0 Å².